The van der Waals surface area contributed by atoms with Gasteiger partial charge < -0.3 is 5.11 Å². The van der Waals surface area contributed by atoms with E-state index in [-0.39, 0.29) is 6.10 Å². The quantitative estimate of drug-likeness (QED) is 0.864. The highest BCUT2D eigenvalue weighted by molar-refractivity contribution is 7.99. The van der Waals surface area contributed by atoms with Crippen LogP contribution in [0.1, 0.15) is 5.56 Å². The molecule has 88 valence electrons. The van der Waals surface area contributed by atoms with E-state index in [1.165, 1.54) is 11.3 Å². The van der Waals surface area contributed by atoms with Crippen molar-refractivity contribution in [2.75, 3.05) is 25.1 Å². The van der Waals surface area contributed by atoms with Gasteiger partial charge in [-0.05, 0) is 19.0 Å². The zero-order valence-electron chi connectivity index (χ0n) is 9.67. The molecule has 0 spiro atoms. The Morgan fingerprint density at radius 1 is 1.44 bits per heavy atom. The second kappa shape index (κ2) is 5.71. The molecule has 1 fully saturated rings. The van der Waals surface area contributed by atoms with Crippen molar-refractivity contribution in [1.29, 1.82) is 0 Å². The molecule has 1 N–H and O–H groups in total. The summed E-state index contributed by atoms with van der Waals surface area (Å²) in [6.07, 6.45) is 0.511. The van der Waals surface area contributed by atoms with Crippen LogP contribution in [-0.2, 0) is 6.42 Å². The largest absolute Gasteiger partial charge is 0.391 e. The molecule has 0 bridgehead atoms. The zero-order valence-corrected chi connectivity index (χ0v) is 10.5. The van der Waals surface area contributed by atoms with Gasteiger partial charge in [0.2, 0.25) is 0 Å². The first kappa shape index (κ1) is 12.0. The third kappa shape index (κ3) is 3.00. The molecule has 16 heavy (non-hydrogen) atoms. The van der Waals surface area contributed by atoms with Gasteiger partial charge in [-0.25, -0.2) is 0 Å². The van der Waals surface area contributed by atoms with E-state index in [2.05, 4.69) is 24.1 Å². The predicted octanol–water partition coefficient (Wildman–Crippen LogP) is 1.64. The highest BCUT2D eigenvalue weighted by Gasteiger charge is 2.26. The fourth-order valence-electron chi connectivity index (χ4n) is 2.10. The average molecular weight is 237 g/mol. The van der Waals surface area contributed by atoms with Crippen molar-refractivity contribution in [3.63, 3.8) is 0 Å². The van der Waals surface area contributed by atoms with Crippen LogP contribution in [0.25, 0.3) is 0 Å². The van der Waals surface area contributed by atoms with Gasteiger partial charge in [0.15, 0.2) is 0 Å². The number of nitrogens with zero attached hydrogens (tertiary/aromatic N) is 1. The lowest BCUT2D eigenvalue weighted by atomic mass is 10.0. The van der Waals surface area contributed by atoms with E-state index in [9.17, 15) is 5.11 Å². The fourth-order valence-corrected chi connectivity index (χ4v) is 3.40. The zero-order chi connectivity index (χ0) is 11.4. The van der Waals surface area contributed by atoms with Crippen molar-refractivity contribution in [1.82, 2.24) is 4.90 Å². The van der Waals surface area contributed by atoms with Crippen LogP contribution >= 0.6 is 11.8 Å². The maximum absolute atomic E-state index is 10.2. The van der Waals surface area contributed by atoms with Crippen molar-refractivity contribution in [2.45, 2.75) is 18.6 Å². The van der Waals surface area contributed by atoms with E-state index in [0.717, 1.165) is 18.7 Å². The molecule has 2 unspecified atom stereocenters. The van der Waals surface area contributed by atoms with Crippen molar-refractivity contribution < 1.29 is 5.11 Å². The summed E-state index contributed by atoms with van der Waals surface area (Å²) in [5, 5.41) is 10.2. The van der Waals surface area contributed by atoms with Gasteiger partial charge in [0, 0.05) is 24.1 Å². The van der Waals surface area contributed by atoms with Crippen molar-refractivity contribution >= 4 is 11.8 Å². The van der Waals surface area contributed by atoms with E-state index in [1.54, 1.807) is 0 Å². The molecule has 3 heteroatoms. The molecule has 0 saturated carbocycles. The Morgan fingerprint density at radius 2 is 2.19 bits per heavy atom. The highest BCUT2D eigenvalue weighted by Crippen LogP contribution is 2.19. The van der Waals surface area contributed by atoms with Crippen LogP contribution in [0, 0.1) is 0 Å². The van der Waals surface area contributed by atoms with E-state index in [1.807, 2.05) is 30.0 Å². The normalized spacial score (nSPS) is 24.2. The first-order valence-electron chi connectivity index (χ1n) is 5.77. The lowest BCUT2D eigenvalue weighted by Crippen LogP contribution is -2.47. The highest BCUT2D eigenvalue weighted by atomic mass is 32.2. The van der Waals surface area contributed by atoms with E-state index >= 15 is 0 Å². The predicted molar refractivity (Wildman–Crippen MR) is 69.9 cm³/mol. The first-order chi connectivity index (χ1) is 7.77. The summed E-state index contributed by atoms with van der Waals surface area (Å²) < 4.78 is 0. The Kier molecular flexibility index (Phi) is 4.27. The van der Waals surface area contributed by atoms with Crippen molar-refractivity contribution in [3.8, 4) is 0 Å². The second-order valence-corrected chi connectivity index (χ2v) is 5.53. The molecule has 1 aliphatic heterocycles. The lowest BCUT2D eigenvalue weighted by Gasteiger charge is -2.35. The number of aliphatic hydroxyl groups excluding tert-OH is 1. The molecule has 0 amide bonds. The van der Waals surface area contributed by atoms with Crippen LogP contribution in [0.3, 0.4) is 0 Å². The van der Waals surface area contributed by atoms with Crippen LogP contribution < -0.4 is 0 Å². The van der Waals surface area contributed by atoms with Crippen LogP contribution in [-0.4, -0.2) is 47.3 Å². The van der Waals surface area contributed by atoms with Gasteiger partial charge in [-0.3, -0.25) is 4.90 Å². The first-order valence-corrected chi connectivity index (χ1v) is 6.93. The summed E-state index contributed by atoms with van der Waals surface area (Å²) in [6.45, 7) is 1.08. The minimum absolute atomic E-state index is 0.250. The third-order valence-electron chi connectivity index (χ3n) is 3.17. The summed E-state index contributed by atoms with van der Waals surface area (Å²) in [5.41, 5.74) is 1.22. The van der Waals surface area contributed by atoms with E-state index in [4.69, 9.17) is 0 Å². The third-order valence-corrected chi connectivity index (χ3v) is 4.22. The molecular formula is C13H19NOS. The summed E-state index contributed by atoms with van der Waals surface area (Å²) in [6, 6.07) is 10.5. The number of rotatable bonds is 3. The molecule has 0 aromatic heterocycles. The maximum Gasteiger partial charge on any atom is 0.0743 e. The number of likely N-dealkylation sites (N-methyl/N-ethyl adjacent to an activating group) is 1. The number of hydrogen-bond donors (Lipinski definition) is 1. The standard InChI is InChI=1S/C13H19NOS/c1-14-7-8-16-10-12(14)13(15)9-11-5-3-2-4-6-11/h2-6,12-13,15H,7-10H2,1H3. The molecule has 1 aliphatic rings. The molecule has 2 nitrogen and oxygen atoms in total. The van der Waals surface area contributed by atoms with Crippen LogP contribution in [0.15, 0.2) is 30.3 Å². The van der Waals surface area contributed by atoms with Gasteiger partial charge in [0.25, 0.3) is 0 Å². The van der Waals surface area contributed by atoms with E-state index < -0.39 is 0 Å². The number of benzene rings is 1. The Balaban J connectivity index is 1.94. The molecule has 1 aromatic carbocycles. The minimum Gasteiger partial charge on any atom is -0.391 e. The summed E-state index contributed by atoms with van der Waals surface area (Å²) in [4.78, 5) is 2.28. The molecular weight excluding hydrogens is 218 g/mol. The van der Waals surface area contributed by atoms with Crippen LogP contribution in [0.4, 0.5) is 0 Å². The van der Waals surface area contributed by atoms with Crippen LogP contribution in [0.5, 0.6) is 0 Å². The molecule has 2 atom stereocenters. The topological polar surface area (TPSA) is 23.5 Å². The van der Waals surface area contributed by atoms with Gasteiger partial charge >= 0.3 is 0 Å². The number of aliphatic hydroxyl groups is 1. The number of thioether (sulfide) groups is 1. The van der Waals surface area contributed by atoms with Gasteiger partial charge in [-0.2, -0.15) is 11.8 Å². The van der Waals surface area contributed by atoms with Crippen LogP contribution in [0.2, 0.25) is 0 Å². The molecule has 1 saturated heterocycles. The lowest BCUT2D eigenvalue weighted by molar-refractivity contribution is 0.0763. The van der Waals surface area contributed by atoms with Gasteiger partial charge in [0.05, 0.1) is 6.10 Å². The smallest absolute Gasteiger partial charge is 0.0743 e. The monoisotopic (exact) mass is 237 g/mol. The summed E-state index contributed by atoms with van der Waals surface area (Å²) in [7, 11) is 2.11. The molecule has 0 radical (unpaired) electrons. The Bertz CT molecular complexity index is 317. The summed E-state index contributed by atoms with van der Waals surface area (Å²) in [5.74, 6) is 2.23. The maximum atomic E-state index is 10.2. The van der Waals surface area contributed by atoms with Crippen molar-refractivity contribution in [2.24, 2.45) is 0 Å². The second-order valence-electron chi connectivity index (χ2n) is 4.38. The average Bonchev–Trinajstić information content (AvgIpc) is 2.31. The Labute approximate surface area is 102 Å². The van der Waals surface area contributed by atoms with Gasteiger partial charge in [-0.1, -0.05) is 30.3 Å². The van der Waals surface area contributed by atoms with Crippen molar-refractivity contribution in [3.05, 3.63) is 35.9 Å². The SMILES string of the molecule is CN1CCSCC1C(O)Cc1ccccc1. The fraction of sp³-hybridized carbons (Fsp3) is 0.538. The van der Waals surface area contributed by atoms with Gasteiger partial charge in [-0.15, -0.1) is 0 Å². The Hall–Kier alpha value is -0.510. The molecule has 1 heterocycles. The van der Waals surface area contributed by atoms with E-state index in [0.29, 0.717) is 6.04 Å². The molecule has 0 aliphatic carbocycles. The van der Waals surface area contributed by atoms with Gasteiger partial charge in [0.1, 0.15) is 0 Å². The Morgan fingerprint density at radius 3 is 2.88 bits per heavy atom. The molecule has 2 rings (SSSR count). The number of hydrogen-bond acceptors (Lipinski definition) is 3. The minimum atomic E-state index is -0.250. The summed E-state index contributed by atoms with van der Waals surface area (Å²) >= 11 is 1.94. The molecule has 1 aromatic rings.